The predicted octanol–water partition coefficient (Wildman–Crippen LogP) is 5.32. The fourth-order valence-corrected chi connectivity index (χ4v) is 10.2. The molecule has 3 heterocycles. The van der Waals surface area contributed by atoms with Gasteiger partial charge < -0.3 is 89.9 Å². The van der Waals surface area contributed by atoms with Crippen molar-refractivity contribution in [1.29, 1.82) is 0 Å². The normalized spacial score (nSPS) is 30.7. The molecule has 3 aliphatic heterocycles. The van der Waals surface area contributed by atoms with Gasteiger partial charge in [-0.2, -0.15) is 0 Å². The first-order chi connectivity index (χ1) is 37.8. The third kappa shape index (κ3) is 26.5. The van der Waals surface area contributed by atoms with Gasteiger partial charge in [-0.15, -0.1) is 0 Å². The first-order valence-electron chi connectivity index (χ1n) is 30.2. The summed E-state index contributed by atoms with van der Waals surface area (Å²) < 4.78 is 34.2. The molecule has 456 valence electrons. The second kappa shape index (κ2) is 42.8. The monoisotopic (exact) mass is 1120 g/mol. The van der Waals surface area contributed by atoms with Crippen LogP contribution in [-0.2, 0) is 33.2 Å². The van der Waals surface area contributed by atoms with Crippen LogP contribution in [0.1, 0.15) is 200 Å². The number of unbranched alkanes of at least 4 members (excludes halogenated alkanes) is 24. The molecule has 0 radical (unpaired) electrons. The number of hydrogen-bond donors (Lipinski definition) is 12. The van der Waals surface area contributed by atoms with Crippen LogP contribution in [0.25, 0.3) is 0 Å². The maximum Gasteiger partial charge on any atom is 0.220 e. The number of hydrogen-bond acceptors (Lipinski definition) is 18. The lowest BCUT2D eigenvalue weighted by Gasteiger charge is -2.48. The van der Waals surface area contributed by atoms with Gasteiger partial charge >= 0.3 is 0 Å². The van der Waals surface area contributed by atoms with E-state index in [0.717, 1.165) is 83.5 Å². The van der Waals surface area contributed by atoms with Crippen molar-refractivity contribution in [3.63, 3.8) is 0 Å². The van der Waals surface area contributed by atoms with Crippen molar-refractivity contribution in [3.8, 4) is 0 Å². The highest BCUT2D eigenvalue weighted by Gasteiger charge is 2.53. The molecule has 0 bridgehead atoms. The summed E-state index contributed by atoms with van der Waals surface area (Å²) in [6.07, 6.45) is 18.3. The zero-order chi connectivity index (χ0) is 56.9. The van der Waals surface area contributed by atoms with Crippen molar-refractivity contribution < 1.29 is 89.4 Å². The van der Waals surface area contributed by atoms with Gasteiger partial charge in [0.25, 0.3) is 0 Å². The Kier molecular flexibility index (Phi) is 38.5. The number of amides is 1. The van der Waals surface area contributed by atoms with Crippen LogP contribution in [0.3, 0.4) is 0 Å². The van der Waals surface area contributed by atoms with Crippen LogP contribution >= 0.6 is 0 Å². The molecule has 3 saturated heterocycles. The molecule has 0 aromatic rings. The first-order valence-corrected chi connectivity index (χ1v) is 30.2. The number of rotatable bonds is 44. The Labute approximate surface area is 466 Å². The molecule has 0 aromatic carbocycles. The summed E-state index contributed by atoms with van der Waals surface area (Å²) in [6.45, 7) is 1.69. The van der Waals surface area contributed by atoms with Crippen LogP contribution in [0.5, 0.6) is 0 Å². The van der Waals surface area contributed by atoms with Crippen LogP contribution in [0, 0.1) is 0 Å². The van der Waals surface area contributed by atoms with Gasteiger partial charge in [-0.25, -0.2) is 0 Å². The molecule has 12 N–H and O–H groups in total. The van der Waals surface area contributed by atoms with Gasteiger partial charge in [0.15, 0.2) is 18.9 Å². The maximum atomic E-state index is 13.3. The Morgan fingerprint density at radius 2 is 0.846 bits per heavy atom. The molecule has 19 nitrogen and oxygen atoms in total. The fraction of sp³-hybridized carbons (Fsp3) is 0.881. The van der Waals surface area contributed by atoms with E-state index in [9.17, 15) is 61.0 Å². The first kappa shape index (κ1) is 70.3. The SMILES string of the molecule is CCCCC/C=C\C/C=C\CCCCCCCCCC(=O)NC(COC1OC(CO)C(OC2OC(CO)C(OC3OC(CO)C(O)C(O)C3O)C(O)C2O)C(O)C1O)C(O)/C=C/CCCCCCCCCCCCCCCC. The predicted molar refractivity (Wildman–Crippen MR) is 296 cm³/mol. The van der Waals surface area contributed by atoms with Crippen LogP contribution in [0.4, 0.5) is 0 Å². The van der Waals surface area contributed by atoms with Gasteiger partial charge in [0.05, 0.1) is 38.6 Å². The summed E-state index contributed by atoms with van der Waals surface area (Å²) in [6, 6.07) is -0.976. The molecular formula is C59H107NO18. The minimum Gasteiger partial charge on any atom is -0.394 e. The lowest BCUT2D eigenvalue weighted by molar-refractivity contribution is -0.379. The molecule has 0 spiro atoms. The molecule has 1 amide bonds. The zero-order valence-corrected chi connectivity index (χ0v) is 47.4. The quantitative estimate of drug-likeness (QED) is 0.0271. The standard InChI is InChI=1S/C59H107NO18/c1-3-5-7-9-11-13-15-17-19-21-23-25-27-29-31-33-35-37-47(65)60-42(43(64)36-34-32-30-28-26-24-22-20-18-16-14-12-10-8-6-4-2)41-73-57-53(71)50(68)55(45(39-62)75-57)78-59-54(72)51(69)56(46(40-63)76-59)77-58-52(70)49(67)48(66)44(38-61)74-58/h11,13,17,19,34,36,42-46,48-59,61-64,66-72H,3-10,12,14-16,18,20-33,35,37-41H2,1-2H3,(H,60,65)/b13-11-,19-17-,36-34+. The van der Waals surface area contributed by atoms with Gasteiger partial charge in [-0.05, 0) is 51.4 Å². The Balaban J connectivity index is 1.51. The molecule has 0 aliphatic carbocycles. The summed E-state index contributed by atoms with van der Waals surface area (Å²) in [7, 11) is 0. The van der Waals surface area contributed by atoms with Crippen LogP contribution in [0.2, 0.25) is 0 Å². The maximum absolute atomic E-state index is 13.3. The van der Waals surface area contributed by atoms with Crippen LogP contribution in [0.15, 0.2) is 36.5 Å². The van der Waals surface area contributed by atoms with Gasteiger partial charge in [-0.3, -0.25) is 4.79 Å². The summed E-state index contributed by atoms with van der Waals surface area (Å²) in [5, 5.41) is 120. The largest absolute Gasteiger partial charge is 0.394 e. The third-order valence-corrected chi connectivity index (χ3v) is 15.2. The molecular weight excluding hydrogens is 1010 g/mol. The van der Waals surface area contributed by atoms with E-state index in [2.05, 4.69) is 43.5 Å². The highest BCUT2D eigenvalue weighted by Crippen LogP contribution is 2.33. The number of ether oxygens (including phenoxy) is 6. The highest BCUT2D eigenvalue weighted by atomic mass is 16.8. The molecule has 3 rings (SSSR count). The molecule has 19 heteroatoms. The molecule has 0 saturated carbocycles. The minimum absolute atomic E-state index is 0.234. The van der Waals surface area contributed by atoms with E-state index >= 15 is 0 Å². The van der Waals surface area contributed by atoms with E-state index in [1.54, 1.807) is 6.08 Å². The second-order valence-electron chi connectivity index (χ2n) is 21.8. The molecule has 78 heavy (non-hydrogen) atoms. The van der Waals surface area contributed by atoms with E-state index in [-0.39, 0.29) is 18.9 Å². The van der Waals surface area contributed by atoms with E-state index in [1.807, 2.05) is 6.08 Å². The Hall–Kier alpha value is -1.99. The fourth-order valence-electron chi connectivity index (χ4n) is 10.2. The average Bonchev–Trinajstić information content (AvgIpc) is 3.45. The lowest BCUT2D eigenvalue weighted by Crippen LogP contribution is -2.66. The number of aliphatic hydroxyl groups is 11. The van der Waals surface area contributed by atoms with E-state index in [0.29, 0.717) is 6.42 Å². The van der Waals surface area contributed by atoms with E-state index < -0.39 is 124 Å². The van der Waals surface area contributed by atoms with Crippen molar-refractivity contribution in [3.05, 3.63) is 36.5 Å². The van der Waals surface area contributed by atoms with Crippen LogP contribution in [-0.4, -0.2) is 193 Å². The van der Waals surface area contributed by atoms with Gasteiger partial charge in [0, 0.05) is 6.42 Å². The van der Waals surface area contributed by atoms with Crippen molar-refractivity contribution in [2.75, 3.05) is 26.4 Å². The zero-order valence-electron chi connectivity index (χ0n) is 47.4. The number of carbonyl (C=O) groups is 1. The smallest absolute Gasteiger partial charge is 0.220 e. The summed E-state index contributed by atoms with van der Waals surface area (Å²) in [4.78, 5) is 13.3. The summed E-state index contributed by atoms with van der Waals surface area (Å²) >= 11 is 0. The minimum atomic E-state index is -1.98. The number of carbonyl (C=O) groups excluding carboxylic acids is 1. The molecule has 17 atom stereocenters. The van der Waals surface area contributed by atoms with Gasteiger partial charge in [0.1, 0.15) is 73.2 Å². The lowest BCUT2D eigenvalue weighted by atomic mass is 9.96. The molecule has 3 fully saturated rings. The van der Waals surface area contributed by atoms with Crippen molar-refractivity contribution in [2.45, 2.75) is 304 Å². The number of allylic oxidation sites excluding steroid dienone is 5. The third-order valence-electron chi connectivity index (χ3n) is 15.2. The second-order valence-corrected chi connectivity index (χ2v) is 21.8. The Morgan fingerprint density at radius 1 is 0.462 bits per heavy atom. The summed E-state index contributed by atoms with van der Waals surface area (Å²) in [5.74, 6) is -0.285. The molecule has 0 aromatic heterocycles. The summed E-state index contributed by atoms with van der Waals surface area (Å²) in [5.41, 5.74) is 0. The van der Waals surface area contributed by atoms with Gasteiger partial charge in [-0.1, -0.05) is 179 Å². The Bertz CT molecular complexity index is 1570. The number of aliphatic hydroxyl groups excluding tert-OH is 11. The molecule has 17 unspecified atom stereocenters. The number of nitrogens with one attached hydrogen (secondary N) is 1. The Morgan fingerprint density at radius 3 is 1.33 bits per heavy atom. The van der Waals surface area contributed by atoms with Crippen molar-refractivity contribution in [1.82, 2.24) is 5.32 Å². The van der Waals surface area contributed by atoms with Crippen molar-refractivity contribution in [2.24, 2.45) is 0 Å². The van der Waals surface area contributed by atoms with E-state index in [4.69, 9.17) is 28.4 Å². The van der Waals surface area contributed by atoms with Crippen molar-refractivity contribution >= 4 is 5.91 Å². The topological polar surface area (TPSA) is 307 Å². The van der Waals surface area contributed by atoms with E-state index in [1.165, 1.54) is 89.9 Å². The molecule has 3 aliphatic rings. The van der Waals surface area contributed by atoms with Gasteiger partial charge in [0.2, 0.25) is 5.91 Å². The van der Waals surface area contributed by atoms with Crippen LogP contribution < -0.4 is 5.32 Å². The average molecular weight is 1120 g/mol. The highest BCUT2D eigenvalue weighted by molar-refractivity contribution is 5.76.